The number of nitrogens with zero attached hydrogens (tertiary/aromatic N) is 2. The van der Waals surface area contributed by atoms with E-state index in [1.807, 2.05) is 48.7 Å². The molecule has 0 bridgehead atoms. The Morgan fingerprint density at radius 1 is 1.13 bits per heavy atom. The molecule has 0 aliphatic heterocycles. The molecule has 0 saturated heterocycles. The average Bonchev–Trinajstić information content (AvgIpc) is 2.58. The number of hydrogen-bond donors (Lipinski definition) is 1. The van der Waals surface area contributed by atoms with E-state index in [0.29, 0.717) is 0 Å². The van der Waals surface area contributed by atoms with Crippen LogP contribution in [0.3, 0.4) is 0 Å². The van der Waals surface area contributed by atoms with Gasteiger partial charge in [-0.15, -0.1) is 0 Å². The smallest absolute Gasteiger partial charge is 0.306 e. The first-order valence-corrected chi connectivity index (χ1v) is 8.27. The first-order valence-electron chi connectivity index (χ1n) is 8.27. The summed E-state index contributed by atoms with van der Waals surface area (Å²) in [4.78, 5) is 12.2. The standard InChI is InChI=1S/C19H25N3O/c1-3-4-5-6-9-15-20-22(2)19(23)21-18-14-10-12-16-11-7-8-13-17(16)18/h7-8,10-15H,3-6,9H2,1-2H3,(H,21,23)/b20-15-. The number of amides is 2. The number of urea groups is 1. The molecule has 1 N–H and O–H groups in total. The van der Waals surface area contributed by atoms with E-state index in [-0.39, 0.29) is 6.03 Å². The van der Waals surface area contributed by atoms with Crippen molar-refractivity contribution < 1.29 is 4.79 Å². The Morgan fingerprint density at radius 3 is 2.74 bits per heavy atom. The third-order valence-electron chi connectivity index (χ3n) is 3.77. The fourth-order valence-corrected chi connectivity index (χ4v) is 2.43. The van der Waals surface area contributed by atoms with Crippen molar-refractivity contribution in [2.24, 2.45) is 5.10 Å². The Bertz CT molecular complexity index is 661. The number of carbonyl (C=O) groups is 1. The van der Waals surface area contributed by atoms with E-state index >= 15 is 0 Å². The van der Waals surface area contributed by atoms with Gasteiger partial charge in [-0.3, -0.25) is 0 Å². The first kappa shape index (κ1) is 17.0. The van der Waals surface area contributed by atoms with E-state index < -0.39 is 0 Å². The molecule has 0 saturated carbocycles. The molecular formula is C19H25N3O. The summed E-state index contributed by atoms with van der Waals surface area (Å²) in [5.74, 6) is 0. The van der Waals surface area contributed by atoms with Gasteiger partial charge in [0.25, 0.3) is 0 Å². The number of fused-ring (bicyclic) bond motifs is 1. The molecule has 0 fully saturated rings. The minimum absolute atomic E-state index is 0.230. The lowest BCUT2D eigenvalue weighted by Crippen LogP contribution is -2.27. The molecule has 0 aromatic heterocycles. The van der Waals surface area contributed by atoms with Gasteiger partial charge in [0.2, 0.25) is 0 Å². The molecule has 0 atom stereocenters. The Morgan fingerprint density at radius 2 is 1.91 bits per heavy atom. The number of hydrogen-bond acceptors (Lipinski definition) is 2. The average molecular weight is 311 g/mol. The molecule has 2 amide bonds. The number of unbranched alkanes of at least 4 members (excludes halogenated alkanes) is 4. The highest BCUT2D eigenvalue weighted by Crippen LogP contribution is 2.23. The Kier molecular flexibility index (Phi) is 6.60. The second kappa shape index (κ2) is 8.93. The molecular weight excluding hydrogens is 286 g/mol. The van der Waals surface area contributed by atoms with E-state index in [4.69, 9.17) is 0 Å². The maximum Gasteiger partial charge on any atom is 0.341 e. The van der Waals surface area contributed by atoms with Gasteiger partial charge in [-0.1, -0.05) is 62.6 Å². The maximum absolute atomic E-state index is 12.2. The molecule has 0 unspecified atom stereocenters. The van der Waals surface area contributed by atoms with Crippen molar-refractivity contribution in [2.75, 3.05) is 12.4 Å². The largest absolute Gasteiger partial charge is 0.341 e. The summed E-state index contributed by atoms with van der Waals surface area (Å²) in [5, 5.41) is 10.6. The molecule has 0 radical (unpaired) electrons. The number of benzene rings is 2. The molecule has 0 heterocycles. The highest BCUT2D eigenvalue weighted by Gasteiger charge is 2.08. The second-order valence-electron chi connectivity index (χ2n) is 5.63. The van der Waals surface area contributed by atoms with Crippen molar-refractivity contribution in [3.8, 4) is 0 Å². The Hall–Kier alpha value is -2.36. The summed E-state index contributed by atoms with van der Waals surface area (Å²) in [6, 6.07) is 13.6. The van der Waals surface area contributed by atoms with Gasteiger partial charge in [-0.05, 0) is 24.3 Å². The fourth-order valence-electron chi connectivity index (χ4n) is 2.43. The summed E-state index contributed by atoms with van der Waals surface area (Å²) < 4.78 is 0. The lowest BCUT2D eigenvalue weighted by Gasteiger charge is -2.14. The molecule has 4 nitrogen and oxygen atoms in total. The van der Waals surface area contributed by atoms with E-state index in [2.05, 4.69) is 17.3 Å². The van der Waals surface area contributed by atoms with Crippen LogP contribution in [0.25, 0.3) is 10.8 Å². The molecule has 122 valence electrons. The van der Waals surface area contributed by atoms with Gasteiger partial charge in [0.15, 0.2) is 0 Å². The summed E-state index contributed by atoms with van der Waals surface area (Å²) >= 11 is 0. The quantitative estimate of drug-likeness (QED) is 0.423. The number of anilines is 1. The fraction of sp³-hybridized carbons (Fsp3) is 0.368. The maximum atomic E-state index is 12.2. The molecule has 0 spiro atoms. The molecule has 0 aliphatic carbocycles. The Balaban J connectivity index is 1.91. The summed E-state index contributed by atoms with van der Waals surface area (Å²) in [5.41, 5.74) is 0.804. The van der Waals surface area contributed by atoms with Crippen LogP contribution in [0, 0.1) is 0 Å². The lowest BCUT2D eigenvalue weighted by atomic mass is 10.1. The topological polar surface area (TPSA) is 44.7 Å². The van der Waals surface area contributed by atoms with E-state index in [1.54, 1.807) is 7.05 Å². The molecule has 23 heavy (non-hydrogen) atoms. The predicted molar refractivity (Wildman–Crippen MR) is 98.0 cm³/mol. The monoisotopic (exact) mass is 311 g/mol. The number of rotatable bonds is 7. The van der Waals surface area contributed by atoms with Gasteiger partial charge in [-0.2, -0.15) is 5.10 Å². The van der Waals surface area contributed by atoms with Crippen LogP contribution in [-0.2, 0) is 0 Å². The van der Waals surface area contributed by atoms with Crippen LogP contribution in [0.4, 0.5) is 10.5 Å². The van der Waals surface area contributed by atoms with Crippen LogP contribution >= 0.6 is 0 Å². The number of nitrogens with one attached hydrogen (secondary N) is 1. The summed E-state index contributed by atoms with van der Waals surface area (Å²) in [7, 11) is 1.67. The lowest BCUT2D eigenvalue weighted by molar-refractivity contribution is 0.224. The number of hydrazone groups is 1. The van der Waals surface area contributed by atoms with Crippen molar-refractivity contribution in [2.45, 2.75) is 39.0 Å². The number of carbonyl (C=O) groups excluding carboxylic acids is 1. The van der Waals surface area contributed by atoms with Crippen LogP contribution in [0.15, 0.2) is 47.6 Å². The second-order valence-corrected chi connectivity index (χ2v) is 5.63. The highest BCUT2D eigenvalue weighted by molar-refractivity contribution is 6.01. The minimum atomic E-state index is -0.230. The zero-order chi connectivity index (χ0) is 16.5. The van der Waals surface area contributed by atoms with Gasteiger partial charge < -0.3 is 5.32 Å². The van der Waals surface area contributed by atoms with Gasteiger partial charge in [0.1, 0.15) is 0 Å². The molecule has 4 heteroatoms. The Labute approximate surface area is 138 Å². The van der Waals surface area contributed by atoms with Crippen molar-refractivity contribution >= 4 is 28.7 Å². The van der Waals surface area contributed by atoms with Crippen LogP contribution in [0.5, 0.6) is 0 Å². The SMILES string of the molecule is CCCCCC/C=N\N(C)C(=O)Nc1cccc2ccccc12. The van der Waals surface area contributed by atoms with Gasteiger partial charge in [0.05, 0.1) is 5.69 Å². The third kappa shape index (κ3) is 5.09. The van der Waals surface area contributed by atoms with Crippen molar-refractivity contribution in [1.29, 1.82) is 0 Å². The van der Waals surface area contributed by atoms with Gasteiger partial charge in [0, 0.05) is 18.6 Å². The van der Waals surface area contributed by atoms with E-state index in [0.717, 1.165) is 29.3 Å². The van der Waals surface area contributed by atoms with Gasteiger partial charge >= 0.3 is 6.03 Å². The van der Waals surface area contributed by atoms with Crippen molar-refractivity contribution in [3.63, 3.8) is 0 Å². The van der Waals surface area contributed by atoms with Crippen molar-refractivity contribution in [1.82, 2.24) is 5.01 Å². The molecule has 2 rings (SSSR count). The van der Waals surface area contributed by atoms with Crippen LogP contribution < -0.4 is 5.32 Å². The summed E-state index contributed by atoms with van der Waals surface area (Å²) in [6.45, 7) is 2.19. The van der Waals surface area contributed by atoms with E-state index in [1.165, 1.54) is 24.3 Å². The zero-order valence-electron chi connectivity index (χ0n) is 14.0. The van der Waals surface area contributed by atoms with Crippen LogP contribution in [0.2, 0.25) is 0 Å². The minimum Gasteiger partial charge on any atom is -0.306 e. The predicted octanol–water partition coefficient (Wildman–Crippen LogP) is 5.26. The van der Waals surface area contributed by atoms with Crippen molar-refractivity contribution in [3.05, 3.63) is 42.5 Å². The first-order chi connectivity index (χ1) is 11.2. The van der Waals surface area contributed by atoms with Crippen LogP contribution in [0.1, 0.15) is 39.0 Å². The third-order valence-corrected chi connectivity index (χ3v) is 3.77. The highest BCUT2D eigenvalue weighted by atomic mass is 16.2. The normalized spacial score (nSPS) is 11.0. The molecule has 2 aromatic carbocycles. The summed E-state index contributed by atoms with van der Waals surface area (Å²) in [6.07, 6.45) is 7.55. The van der Waals surface area contributed by atoms with E-state index in [9.17, 15) is 4.79 Å². The zero-order valence-corrected chi connectivity index (χ0v) is 14.0. The van der Waals surface area contributed by atoms with Crippen LogP contribution in [-0.4, -0.2) is 24.3 Å². The molecule has 0 aliphatic rings. The molecule has 2 aromatic rings. The van der Waals surface area contributed by atoms with Gasteiger partial charge in [-0.25, -0.2) is 9.80 Å².